The van der Waals surface area contributed by atoms with Crippen LogP contribution in [0.3, 0.4) is 0 Å². The van der Waals surface area contributed by atoms with Crippen molar-refractivity contribution in [3.05, 3.63) is 29.3 Å². The maximum absolute atomic E-state index is 11.3. The SMILES string of the molecule is O=C1CCc2cc(OCCBr)ccc21. The standard InChI is InChI=1S/C11H11BrO2/c12-5-6-14-9-2-3-10-8(7-9)1-4-11(10)13/h2-3,7H,1,4-6H2. The van der Waals surface area contributed by atoms with E-state index in [1.54, 1.807) is 0 Å². The van der Waals surface area contributed by atoms with E-state index < -0.39 is 0 Å². The molecule has 0 saturated heterocycles. The second-order valence-electron chi connectivity index (χ2n) is 3.28. The number of ether oxygens (including phenoxy) is 1. The van der Waals surface area contributed by atoms with Gasteiger partial charge in [-0.05, 0) is 30.2 Å². The molecule has 14 heavy (non-hydrogen) atoms. The Morgan fingerprint density at radius 1 is 1.36 bits per heavy atom. The maximum atomic E-state index is 11.3. The number of benzene rings is 1. The van der Waals surface area contributed by atoms with Gasteiger partial charge in [-0.15, -0.1) is 0 Å². The van der Waals surface area contributed by atoms with Crippen molar-refractivity contribution in [2.45, 2.75) is 12.8 Å². The second kappa shape index (κ2) is 4.13. The summed E-state index contributed by atoms with van der Waals surface area (Å²) in [6.07, 6.45) is 1.51. The van der Waals surface area contributed by atoms with E-state index in [0.29, 0.717) is 13.0 Å². The lowest BCUT2D eigenvalue weighted by Gasteiger charge is -2.05. The Labute approximate surface area is 91.4 Å². The van der Waals surface area contributed by atoms with Gasteiger partial charge in [0.2, 0.25) is 0 Å². The summed E-state index contributed by atoms with van der Waals surface area (Å²) < 4.78 is 5.46. The van der Waals surface area contributed by atoms with Crippen LogP contribution in [0.2, 0.25) is 0 Å². The molecule has 1 aromatic carbocycles. The van der Waals surface area contributed by atoms with E-state index in [1.807, 2.05) is 18.2 Å². The third-order valence-electron chi connectivity index (χ3n) is 2.34. The number of carbonyl (C=O) groups excluding carboxylic acids is 1. The summed E-state index contributed by atoms with van der Waals surface area (Å²) >= 11 is 3.30. The van der Waals surface area contributed by atoms with Gasteiger partial charge in [-0.25, -0.2) is 0 Å². The highest BCUT2D eigenvalue weighted by molar-refractivity contribution is 9.09. The highest BCUT2D eigenvalue weighted by Crippen LogP contribution is 2.25. The van der Waals surface area contributed by atoms with E-state index in [2.05, 4.69) is 15.9 Å². The van der Waals surface area contributed by atoms with Crippen LogP contribution in [0, 0.1) is 0 Å². The second-order valence-corrected chi connectivity index (χ2v) is 4.07. The van der Waals surface area contributed by atoms with Crippen molar-refractivity contribution < 1.29 is 9.53 Å². The number of halogens is 1. The Bertz CT molecular complexity index is 360. The molecule has 0 aromatic heterocycles. The lowest BCUT2D eigenvalue weighted by molar-refractivity contribution is 0.0994. The fourth-order valence-corrected chi connectivity index (χ4v) is 1.84. The fraction of sp³-hybridized carbons (Fsp3) is 0.364. The Kier molecular flexibility index (Phi) is 2.87. The molecular weight excluding hydrogens is 244 g/mol. The van der Waals surface area contributed by atoms with E-state index in [0.717, 1.165) is 28.6 Å². The minimum Gasteiger partial charge on any atom is -0.493 e. The monoisotopic (exact) mass is 254 g/mol. The van der Waals surface area contributed by atoms with Gasteiger partial charge in [-0.3, -0.25) is 4.79 Å². The number of Topliss-reactive ketones (excluding diaryl/α,β-unsaturated/α-hetero) is 1. The molecule has 0 fully saturated rings. The first-order chi connectivity index (χ1) is 6.81. The number of rotatable bonds is 3. The van der Waals surface area contributed by atoms with Gasteiger partial charge in [0, 0.05) is 17.3 Å². The van der Waals surface area contributed by atoms with Crippen molar-refractivity contribution in [3.63, 3.8) is 0 Å². The van der Waals surface area contributed by atoms with Crippen molar-refractivity contribution in [1.29, 1.82) is 0 Å². The Balaban J connectivity index is 2.19. The molecule has 1 aliphatic rings. The van der Waals surface area contributed by atoms with Gasteiger partial charge in [0.05, 0.1) is 6.61 Å². The van der Waals surface area contributed by atoms with Crippen molar-refractivity contribution >= 4 is 21.7 Å². The molecule has 0 radical (unpaired) electrons. The van der Waals surface area contributed by atoms with Gasteiger partial charge in [-0.2, -0.15) is 0 Å². The molecule has 2 nitrogen and oxygen atoms in total. The zero-order valence-electron chi connectivity index (χ0n) is 7.75. The number of ketones is 1. The van der Waals surface area contributed by atoms with Crippen LogP contribution in [0.4, 0.5) is 0 Å². The van der Waals surface area contributed by atoms with Crippen molar-refractivity contribution in [2.75, 3.05) is 11.9 Å². The first-order valence-corrected chi connectivity index (χ1v) is 5.78. The van der Waals surface area contributed by atoms with Gasteiger partial charge >= 0.3 is 0 Å². The van der Waals surface area contributed by atoms with Crippen LogP contribution >= 0.6 is 15.9 Å². The first-order valence-electron chi connectivity index (χ1n) is 4.66. The van der Waals surface area contributed by atoms with Crippen LogP contribution in [0.15, 0.2) is 18.2 Å². The van der Waals surface area contributed by atoms with Crippen molar-refractivity contribution in [2.24, 2.45) is 0 Å². The number of alkyl halides is 1. The summed E-state index contributed by atoms with van der Waals surface area (Å²) in [7, 11) is 0. The molecule has 0 N–H and O–H groups in total. The minimum atomic E-state index is 0.257. The lowest BCUT2D eigenvalue weighted by Crippen LogP contribution is -1.98. The molecule has 1 aliphatic carbocycles. The van der Waals surface area contributed by atoms with Crippen LogP contribution in [0.5, 0.6) is 5.75 Å². The Hall–Kier alpha value is -0.830. The molecule has 0 heterocycles. The Morgan fingerprint density at radius 3 is 3.00 bits per heavy atom. The summed E-state index contributed by atoms with van der Waals surface area (Å²) in [4.78, 5) is 11.3. The van der Waals surface area contributed by atoms with E-state index in [4.69, 9.17) is 4.74 Å². The summed E-state index contributed by atoms with van der Waals surface area (Å²) in [5.41, 5.74) is 2.00. The normalized spacial score (nSPS) is 14.2. The molecule has 0 bridgehead atoms. The molecule has 0 spiro atoms. The largest absolute Gasteiger partial charge is 0.493 e. The van der Waals surface area contributed by atoms with Crippen LogP contribution < -0.4 is 4.74 Å². The topological polar surface area (TPSA) is 26.3 Å². The summed E-state index contributed by atoms with van der Waals surface area (Å²) in [5.74, 6) is 1.12. The summed E-state index contributed by atoms with van der Waals surface area (Å²) in [6.45, 7) is 0.659. The van der Waals surface area contributed by atoms with E-state index in [9.17, 15) is 4.79 Å². The zero-order valence-corrected chi connectivity index (χ0v) is 9.34. The van der Waals surface area contributed by atoms with Gasteiger partial charge in [0.15, 0.2) is 5.78 Å². The van der Waals surface area contributed by atoms with E-state index >= 15 is 0 Å². The Morgan fingerprint density at radius 2 is 2.21 bits per heavy atom. The van der Waals surface area contributed by atoms with Gasteiger partial charge in [-0.1, -0.05) is 15.9 Å². The molecule has 0 atom stereocenters. The van der Waals surface area contributed by atoms with E-state index in [-0.39, 0.29) is 5.78 Å². The number of hydrogen-bond acceptors (Lipinski definition) is 2. The molecule has 3 heteroatoms. The molecule has 2 rings (SSSR count). The zero-order chi connectivity index (χ0) is 9.97. The number of aryl methyl sites for hydroxylation is 1. The van der Waals surface area contributed by atoms with Crippen LogP contribution in [0.1, 0.15) is 22.3 Å². The quantitative estimate of drug-likeness (QED) is 0.776. The highest BCUT2D eigenvalue weighted by Gasteiger charge is 2.19. The van der Waals surface area contributed by atoms with Crippen LogP contribution in [-0.2, 0) is 6.42 Å². The molecular formula is C11H11BrO2. The van der Waals surface area contributed by atoms with Gasteiger partial charge in [0.1, 0.15) is 5.75 Å². The van der Waals surface area contributed by atoms with Crippen LogP contribution in [-0.4, -0.2) is 17.7 Å². The van der Waals surface area contributed by atoms with Gasteiger partial charge < -0.3 is 4.74 Å². The fourth-order valence-electron chi connectivity index (χ4n) is 1.68. The maximum Gasteiger partial charge on any atom is 0.163 e. The van der Waals surface area contributed by atoms with Crippen LogP contribution in [0.25, 0.3) is 0 Å². The molecule has 1 aromatic rings. The molecule has 0 aliphatic heterocycles. The number of hydrogen-bond donors (Lipinski definition) is 0. The third kappa shape index (κ3) is 1.82. The molecule has 74 valence electrons. The first kappa shape index (κ1) is 9.71. The smallest absolute Gasteiger partial charge is 0.163 e. The van der Waals surface area contributed by atoms with Gasteiger partial charge in [0.25, 0.3) is 0 Å². The molecule has 0 unspecified atom stereocenters. The summed E-state index contributed by atoms with van der Waals surface area (Å²) in [6, 6.07) is 5.71. The third-order valence-corrected chi connectivity index (χ3v) is 2.67. The summed E-state index contributed by atoms with van der Waals surface area (Å²) in [5, 5.41) is 0.822. The highest BCUT2D eigenvalue weighted by atomic mass is 79.9. The van der Waals surface area contributed by atoms with Crippen molar-refractivity contribution in [1.82, 2.24) is 0 Å². The predicted molar refractivity (Wildman–Crippen MR) is 58.4 cm³/mol. The lowest BCUT2D eigenvalue weighted by atomic mass is 10.1. The average molecular weight is 255 g/mol. The number of carbonyl (C=O) groups is 1. The minimum absolute atomic E-state index is 0.257. The predicted octanol–water partition coefficient (Wildman–Crippen LogP) is 2.59. The average Bonchev–Trinajstić information content (AvgIpc) is 2.57. The number of fused-ring (bicyclic) bond motifs is 1. The van der Waals surface area contributed by atoms with E-state index in [1.165, 1.54) is 0 Å². The molecule has 0 saturated carbocycles. The van der Waals surface area contributed by atoms with Crippen molar-refractivity contribution in [3.8, 4) is 5.75 Å². The molecule has 0 amide bonds.